The molecule has 0 fully saturated rings. The van der Waals surface area contributed by atoms with Gasteiger partial charge in [0.05, 0.1) is 16.3 Å². The number of nitro groups is 1. The molecule has 0 bridgehead atoms. The van der Waals surface area contributed by atoms with Crippen molar-refractivity contribution in [1.82, 2.24) is 4.90 Å². The summed E-state index contributed by atoms with van der Waals surface area (Å²) in [4.78, 5) is 25.3. The molecule has 5 nitrogen and oxygen atoms in total. The highest BCUT2D eigenvalue weighted by Crippen LogP contribution is 2.27. The number of carbonyl (C=O) groups excluding carboxylic acids is 1. The van der Waals surface area contributed by atoms with Gasteiger partial charge in [-0.2, -0.15) is 0 Å². The molecule has 3 aromatic rings. The predicted octanol–water partition coefficient (Wildman–Crippen LogP) is 4.08. The third-order valence-corrected chi connectivity index (χ3v) is 4.68. The summed E-state index contributed by atoms with van der Waals surface area (Å²) >= 11 is 1.43. The number of rotatable bonds is 4. The molecule has 1 heterocycles. The van der Waals surface area contributed by atoms with Gasteiger partial charge in [-0.3, -0.25) is 14.9 Å². The average molecular weight is 326 g/mol. The van der Waals surface area contributed by atoms with E-state index in [1.807, 2.05) is 30.3 Å². The second-order valence-electron chi connectivity index (χ2n) is 5.20. The van der Waals surface area contributed by atoms with Crippen molar-refractivity contribution in [2.75, 3.05) is 7.05 Å². The van der Waals surface area contributed by atoms with Gasteiger partial charge in [-0.15, -0.1) is 11.3 Å². The number of nitro benzene ring substituents is 1. The van der Waals surface area contributed by atoms with E-state index >= 15 is 0 Å². The van der Waals surface area contributed by atoms with E-state index < -0.39 is 4.92 Å². The first kappa shape index (κ1) is 15.2. The van der Waals surface area contributed by atoms with E-state index in [0.29, 0.717) is 10.4 Å². The quantitative estimate of drug-likeness (QED) is 0.536. The summed E-state index contributed by atoms with van der Waals surface area (Å²) in [5.74, 6) is -0.135. The van der Waals surface area contributed by atoms with Gasteiger partial charge >= 0.3 is 0 Å². The van der Waals surface area contributed by atoms with Crippen molar-refractivity contribution in [3.8, 4) is 0 Å². The minimum absolute atomic E-state index is 0.0310. The average Bonchev–Trinajstić information content (AvgIpc) is 2.98. The highest BCUT2D eigenvalue weighted by Gasteiger charge is 2.19. The fraction of sp³-hybridized carbons (Fsp3) is 0.118. The van der Waals surface area contributed by atoms with Gasteiger partial charge in [0.15, 0.2) is 0 Å². The molecule has 0 aliphatic rings. The lowest BCUT2D eigenvalue weighted by Gasteiger charge is -2.16. The number of fused-ring (bicyclic) bond motifs is 1. The van der Waals surface area contributed by atoms with Crippen molar-refractivity contribution >= 4 is 33.0 Å². The summed E-state index contributed by atoms with van der Waals surface area (Å²) in [7, 11) is 1.66. The Morgan fingerprint density at radius 3 is 2.61 bits per heavy atom. The van der Waals surface area contributed by atoms with Crippen LogP contribution in [0.4, 0.5) is 5.69 Å². The van der Waals surface area contributed by atoms with E-state index in [1.54, 1.807) is 25.2 Å². The summed E-state index contributed by atoms with van der Waals surface area (Å²) < 4.78 is 1.05. The van der Waals surface area contributed by atoms with Crippen LogP contribution in [-0.4, -0.2) is 22.8 Å². The van der Waals surface area contributed by atoms with Crippen LogP contribution in [0.25, 0.3) is 10.1 Å². The molecular formula is C17H14N2O3S. The Morgan fingerprint density at radius 2 is 1.87 bits per heavy atom. The number of amides is 1. The summed E-state index contributed by atoms with van der Waals surface area (Å²) in [5.41, 5.74) is 0.554. The number of thiophene rings is 1. The van der Waals surface area contributed by atoms with Crippen molar-refractivity contribution in [1.29, 1.82) is 0 Å². The highest BCUT2D eigenvalue weighted by atomic mass is 32.1. The van der Waals surface area contributed by atoms with Crippen molar-refractivity contribution < 1.29 is 9.72 Å². The van der Waals surface area contributed by atoms with Crippen molar-refractivity contribution in [2.45, 2.75) is 6.54 Å². The third kappa shape index (κ3) is 3.07. The Kier molecular flexibility index (Phi) is 4.08. The lowest BCUT2D eigenvalue weighted by molar-refractivity contribution is -0.385. The number of nitrogens with zero attached hydrogens (tertiary/aromatic N) is 2. The van der Waals surface area contributed by atoms with Gasteiger partial charge in [0.25, 0.3) is 11.6 Å². The third-order valence-electron chi connectivity index (χ3n) is 3.58. The number of para-hydroxylation sites is 1. The van der Waals surface area contributed by atoms with Gasteiger partial charge in [-0.25, -0.2) is 0 Å². The fourth-order valence-corrected chi connectivity index (χ4v) is 3.48. The smallest absolute Gasteiger partial charge is 0.274 e. The molecule has 1 aromatic heterocycles. The Bertz CT molecular complexity index is 855. The molecule has 3 rings (SSSR count). The van der Waals surface area contributed by atoms with E-state index in [-0.39, 0.29) is 18.1 Å². The lowest BCUT2D eigenvalue weighted by Crippen LogP contribution is -2.25. The molecule has 0 radical (unpaired) electrons. The monoisotopic (exact) mass is 326 g/mol. The molecule has 6 heteroatoms. The van der Waals surface area contributed by atoms with E-state index in [1.165, 1.54) is 22.3 Å². The number of hydrogen-bond donors (Lipinski definition) is 0. The van der Waals surface area contributed by atoms with Crippen LogP contribution in [-0.2, 0) is 6.54 Å². The molecule has 0 N–H and O–H groups in total. The highest BCUT2D eigenvalue weighted by molar-refractivity contribution is 7.20. The van der Waals surface area contributed by atoms with Crippen LogP contribution in [0.5, 0.6) is 0 Å². The first-order chi connectivity index (χ1) is 11.1. The second kappa shape index (κ2) is 6.18. The maximum absolute atomic E-state index is 12.6. The SMILES string of the molecule is CN(Cc1ccccc1[N+](=O)[O-])C(=O)c1cc2ccccc2s1. The van der Waals surface area contributed by atoms with E-state index in [4.69, 9.17) is 0 Å². The van der Waals surface area contributed by atoms with E-state index in [0.717, 1.165) is 10.1 Å². The molecule has 0 atom stereocenters. The summed E-state index contributed by atoms with van der Waals surface area (Å²) in [5, 5.41) is 12.1. The van der Waals surface area contributed by atoms with Crippen molar-refractivity contribution in [2.24, 2.45) is 0 Å². The molecule has 116 valence electrons. The van der Waals surface area contributed by atoms with Gasteiger partial charge in [0, 0.05) is 23.4 Å². The van der Waals surface area contributed by atoms with Crippen LogP contribution in [0.3, 0.4) is 0 Å². The van der Waals surface area contributed by atoms with E-state index in [2.05, 4.69) is 0 Å². The second-order valence-corrected chi connectivity index (χ2v) is 6.28. The van der Waals surface area contributed by atoms with Gasteiger partial charge in [0.1, 0.15) is 0 Å². The molecule has 0 saturated carbocycles. The zero-order chi connectivity index (χ0) is 16.4. The maximum Gasteiger partial charge on any atom is 0.274 e. The van der Waals surface area contributed by atoms with Gasteiger partial charge in [-0.1, -0.05) is 36.4 Å². The normalized spacial score (nSPS) is 10.7. The van der Waals surface area contributed by atoms with Crippen LogP contribution in [0, 0.1) is 10.1 Å². The Labute approximate surface area is 136 Å². The first-order valence-corrected chi connectivity index (χ1v) is 7.84. The number of benzene rings is 2. The van der Waals surface area contributed by atoms with Crippen molar-refractivity contribution in [3.63, 3.8) is 0 Å². The summed E-state index contributed by atoms with van der Waals surface area (Å²) in [6, 6.07) is 16.1. The Morgan fingerprint density at radius 1 is 1.17 bits per heavy atom. The predicted molar refractivity (Wildman–Crippen MR) is 90.7 cm³/mol. The molecule has 1 amide bonds. The van der Waals surface area contributed by atoms with Gasteiger partial charge in [0.2, 0.25) is 0 Å². The first-order valence-electron chi connectivity index (χ1n) is 7.02. The molecule has 0 saturated heterocycles. The molecule has 0 aliphatic carbocycles. The summed E-state index contributed by atoms with van der Waals surface area (Å²) in [6.07, 6.45) is 0. The largest absolute Gasteiger partial charge is 0.336 e. The zero-order valence-electron chi connectivity index (χ0n) is 12.4. The van der Waals surface area contributed by atoms with Crippen LogP contribution >= 0.6 is 11.3 Å². The molecule has 23 heavy (non-hydrogen) atoms. The molecule has 0 unspecified atom stereocenters. The Balaban J connectivity index is 1.84. The topological polar surface area (TPSA) is 63.4 Å². The maximum atomic E-state index is 12.6. The van der Waals surface area contributed by atoms with Gasteiger partial charge < -0.3 is 4.90 Å². The molecular weight excluding hydrogens is 312 g/mol. The fourth-order valence-electron chi connectivity index (χ4n) is 2.43. The van der Waals surface area contributed by atoms with Crippen molar-refractivity contribution in [3.05, 3.63) is 75.2 Å². The minimum atomic E-state index is -0.424. The summed E-state index contributed by atoms with van der Waals surface area (Å²) in [6.45, 7) is 0.199. The molecule has 2 aromatic carbocycles. The number of carbonyl (C=O) groups is 1. The van der Waals surface area contributed by atoms with E-state index in [9.17, 15) is 14.9 Å². The van der Waals surface area contributed by atoms with Crippen LogP contribution in [0.1, 0.15) is 15.2 Å². The molecule has 0 spiro atoms. The van der Waals surface area contributed by atoms with Gasteiger partial charge in [-0.05, 0) is 17.5 Å². The van der Waals surface area contributed by atoms with Crippen LogP contribution in [0.2, 0.25) is 0 Å². The molecule has 0 aliphatic heterocycles. The standard InChI is InChI=1S/C17H14N2O3S/c1-18(11-13-7-2-4-8-14(13)19(21)22)17(20)16-10-12-6-3-5-9-15(12)23-16/h2-10H,11H2,1H3. The lowest BCUT2D eigenvalue weighted by atomic mass is 10.1. The van der Waals surface area contributed by atoms with Crippen LogP contribution < -0.4 is 0 Å². The zero-order valence-corrected chi connectivity index (χ0v) is 13.2. The Hall–Kier alpha value is -2.73. The number of hydrogen-bond acceptors (Lipinski definition) is 4. The van der Waals surface area contributed by atoms with Crippen LogP contribution in [0.15, 0.2) is 54.6 Å². The minimum Gasteiger partial charge on any atom is -0.336 e.